The van der Waals surface area contributed by atoms with Gasteiger partial charge in [-0.15, -0.1) is 0 Å². The quantitative estimate of drug-likeness (QED) is 0.573. The Labute approximate surface area is 100 Å². The molecule has 1 heterocycles. The maximum absolute atomic E-state index is 4.41. The van der Waals surface area contributed by atoms with Gasteiger partial charge >= 0.3 is 0 Å². The molecule has 0 saturated carbocycles. The van der Waals surface area contributed by atoms with Gasteiger partial charge in [-0.1, -0.05) is 46.0 Å². The van der Waals surface area contributed by atoms with Crippen LogP contribution in [-0.4, -0.2) is 9.78 Å². The predicted octanol–water partition coefficient (Wildman–Crippen LogP) is 4.20. The molecule has 0 bridgehead atoms. The molecule has 1 aromatic heterocycles. The lowest BCUT2D eigenvalue weighted by atomic mass is 10.1. The van der Waals surface area contributed by atoms with E-state index in [2.05, 4.69) is 29.7 Å². The molecular formula is C14H26N2. The smallest absolute Gasteiger partial charge is 0.0492 e. The third-order valence-electron chi connectivity index (χ3n) is 3.06. The van der Waals surface area contributed by atoms with Crippen LogP contribution in [0.5, 0.6) is 0 Å². The standard InChI is InChI=1S/C14H26N2/c1-3-5-7-9-13-16-14(11-12-15-16)10-8-6-4-2/h11-12H,3-10,13H2,1-2H3. The molecule has 2 nitrogen and oxygen atoms in total. The molecule has 92 valence electrons. The second kappa shape index (κ2) is 8.37. The third kappa shape index (κ3) is 4.82. The Hall–Kier alpha value is -0.790. The number of rotatable bonds is 9. The molecule has 0 unspecified atom stereocenters. The monoisotopic (exact) mass is 222 g/mol. The lowest BCUT2D eigenvalue weighted by molar-refractivity contribution is 0.518. The van der Waals surface area contributed by atoms with E-state index in [-0.39, 0.29) is 0 Å². The van der Waals surface area contributed by atoms with Crippen molar-refractivity contribution >= 4 is 0 Å². The minimum absolute atomic E-state index is 1.11. The summed E-state index contributed by atoms with van der Waals surface area (Å²) in [5.74, 6) is 0. The van der Waals surface area contributed by atoms with E-state index in [1.807, 2.05) is 6.20 Å². The maximum atomic E-state index is 4.41. The summed E-state index contributed by atoms with van der Waals surface area (Å²) in [7, 11) is 0. The summed E-state index contributed by atoms with van der Waals surface area (Å²) >= 11 is 0. The predicted molar refractivity (Wildman–Crippen MR) is 69.6 cm³/mol. The van der Waals surface area contributed by atoms with Crippen molar-refractivity contribution in [1.82, 2.24) is 9.78 Å². The average molecular weight is 222 g/mol. The van der Waals surface area contributed by atoms with Crippen molar-refractivity contribution in [3.63, 3.8) is 0 Å². The Morgan fingerprint density at radius 2 is 1.75 bits per heavy atom. The summed E-state index contributed by atoms with van der Waals surface area (Å²) < 4.78 is 2.20. The number of hydrogen-bond acceptors (Lipinski definition) is 1. The van der Waals surface area contributed by atoms with Gasteiger partial charge in [-0.2, -0.15) is 5.10 Å². The van der Waals surface area contributed by atoms with Crippen LogP contribution in [-0.2, 0) is 13.0 Å². The highest BCUT2D eigenvalue weighted by atomic mass is 15.3. The Bertz CT molecular complexity index is 265. The van der Waals surface area contributed by atoms with Crippen molar-refractivity contribution < 1.29 is 0 Å². The number of unbranched alkanes of at least 4 members (excludes halogenated alkanes) is 5. The molecule has 1 aromatic rings. The van der Waals surface area contributed by atoms with Crippen molar-refractivity contribution in [2.24, 2.45) is 0 Å². The molecule has 0 atom stereocenters. The molecule has 0 spiro atoms. The molecule has 0 aliphatic rings. The van der Waals surface area contributed by atoms with E-state index in [9.17, 15) is 0 Å². The highest BCUT2D eigenvalue weighted by Gasteiger charge is 2.01. The number of nitrogens with zero attached hydrogens (tertiary/aromatic N) is 2. The van der Waals surface area contributed by atoms with Crippen LogP contribution in [0, 0.1) is 0 Å². The first-order chi connectivity index (χ1) is 7.88. The van der Waals surface area contributed by atoms with Crippen LogP contribution in [0.25, 0.3) is 0 Å². The Morgan fingerprint density at radius 1 is 1.00 bits per heavy atom. The fourth-order valence-electron chi connectivity index (χ4n) is 2.02. The minimum Gasteiger partial charge on any atom is -0.270 e. The SMILES string of the molecule is CCCCCCn1nccc1CCCCC. The molecule has 0 fully saturated rings. The zero-order valence-electron chi connectivity index (χ0n) is 10.9. The van der Waals surface area contributed by atoms with Crippen molar-refractivity contribution in [1.29, 1.82) is 0 Å². The first-order valence-corrected chi connectivity index (χ1v) is 6.89. The highest BCUT2D eigenvalue weighted by Crippen LogP contribution is 2.08. The lowest BCUT2D eigenvalue weighted by Crippen LogP contribution is -2.05. The summed E-state index contributed by atoms with van der Waals surface area (Å²) in [5.41, 5.74) is 1.42. The van der Waals surface area contributed by atoms with Crippen LogP contribution < -0.4 is 0 Å². The van der Waals surface area contributed by atoms with Crippen molar-refractivity contribution in [2.45, 2.75) is 71.8 Å². The second-order valence-electron chi connectivity index (χ2n) is 4.56. The van der Waals surface area contributed by atoms with Crippen LogP contribution in [0.4, 0.5) is 0 Å². The topological polar surface area (TPSA) is 17.8 Å². The van der Waals surface area contributed by atoms with Crippen molar-refractivity contribution in [3.05, 3.63) is 18.0 Å². The maximum Gasteiger partial charge on any atom is 0.0492 e. The average Bonchev–Trinajstić information content (AvgIpc) is 2.73. The van der Waals surface area contributed by atoms with E-state index in [4.69, 9.17) is 0 Å². The van der Waals surface area contributed by atoms with E-state index in [1.165, 1.54) is 57.1 Å². The van der Waals surface area contributed by atoms with E-state index < -0.39 is 0 Å². The molecule has 2 heteroatoms. The van der Waals surface area contributed by atoms with Gasteiger partial charge in [0.15, 0.2) is 0 Å². The summed E-state index contributed by atoms with van der Waals surface area (Å²) in [6.45, 7) is 5.61. The third-order valence-corrected chi connectivity index (χ3v) is 3.06. The van der Waals surface area contributed by atoms with Crippen LogP contribution >= 0.6 is 0 Å². The van der Waals surface area contributed by atoms with E-state index in [1.54, 1.807) is 0 Å². The van der Waals surface area contributed by atoms with E-state index in [0.717, 1.165) is 6.54 Å². The van der Waals surface area contributed by atoms with E-state index >= 15 is 0 Å². The number of aryl methyl sites for hydroxylation is 2. The van der Waals surface area contributed by atoms with Crippen LogP contribution in [0.3, 0.4) is 0 Å². The van der Waals surface area contributed by atoms with Crippen LogP contribution in [0.1, 0.15) is 64.5 Å². The molecule has 0 aliphatic carbocycles. The van der Waals surface area contributed by atoms with Gasteiger partial charge < -0.3 is 0 Å². The van der Waals surface area contributed by atoms with Gasteiger partial charge in [-0.25, -0.2) is 0 Å². The van der Waals surface area contributed by atoms with Gasteiger partial charge in [-0.3, -0.25) is 4.68 Å². The first-order valence-electron chi connectivity index (χ1n) is 6.89. The number of hydrogen-bond donors (Lipinski definition) is 0. The first kappa shape index (κ1) is 13.3. The van der Waals surface area contributed by atoms with Crippen LogP contribution in [0.15, 0.2) is 12.3 Å². The normalized spacial score (nSPS) is 10.9. The largest absolute Gasteiger partial charge is 0.270 e. The lowest BCUT2D eigenvalue weighted by Gasteiger charge is -2.06. The van der Waals surface area contributed by atoms with E-state index in [0.29, 0.717) is 0 Å². The molecule has 1 rings (SSSR count). The molecule has 0 amide bonds. The summed E-state index contributed by atoms with van der Waals surface area (Å²) in [4.78, 5) is 0. The van der Waals surface area contributed by atoms with Gasteiger partial charge in [0.25, 0.3) is 0 Å². The summed E-state index contributed by atoms with van der Waals surface area (Å²) in [6, 6.07) is 2.18. The van der Waals surface area contributed by atoms with Crippen molar-refractivity contribution in [3.8, 4) is 0 Å². The Morgan fingerprint density at radius 3 is 2.50 bits per heavy atom. The molecule has 0 N–H and O–H groups in total. The summed E-state index contributed by atoms with van der Waals surface area (Å²) in [5, 5.41) is 4.41. The van der Waals surface area contributed by atoms with Gasteiger partial charge in [-0.05, 0) is 25.3 Å². The molecular weight excluding hydrogens is 196 g/mol. The Kier molecular flexibility index (Phi) is 6.95. The molecule has 0 aliphatic heterocycles. The molecule has 16 heavy (non-hydrogen) atoms. The molecule has 0 saturated heterocycles. The fourth-order valence-corrected chi connectivity index (χ4v) is 2.02. The number of aromatic nitrogens is 2. The Balaban J connectivity index is 2.26. The molecule has 0 aromatic carbocycles. The minimum atomic E-state index is 1.11. The van der Waals surface area contributed by atoms with Gasteiger partial charge in [0.1, 0.15) is 0 Å². The van der Waals surface area contributed by atoms with Gasteiger partial charge in [0, 0.05) is 18.4 Å². The van der Waals surface area contributed by atoms with Crippen LogP contribution in [0.2, 0.25) is 0 Å². The summed E-state index contributed by atoms with van der Waals surface area (Å²) in [6.07, 6.45) is 12.3. The van der Waals surface area contributed by atoms with Gasteiger partial charge in [0.2, 0.25) is 0 Å². The zero-order valence-corrected chi connectivity index (χ0v) is 10.9. The second-order valence-corrected chi connectivity index (χ2v) is 4.56. The fraction of sp³-hybridized carbons (Fsp3) is 0.786. The van der Waals surface area contributed by atoms with Crippen molar-refractivity contribution in [2.75, 3.05) is 0 Å². The zero-order chi connectivity index (χ0) is 11.6. The van der Waals surface area contributed by atoms with Gasteiger partial charge in [0.05, 0.1) is 0 Å². The highest BCUT2D eigenvalue weighted by molar-refractivity contribution is 5.00. The molecule has 0 radical (unpaired) electrons.